The van der Waals surface area contributed by atoms with Gasteiger partial charge in [-0.25, -0.2) is 4.99 Å². The quantitative estimate of drug-likeness (QED) is 0.356. The molecule has 0 fully saturated rings. The number of nitrogens with two attached hydrogens (primary N) is 1. The van der Waals surface area contributed by atoms with Crippen molar-refractivity contribution in [3.63, 3.8) is 0 Å². The Labute approximate surface area is 202 Å². The number of amidine groups is 1. The molecular weight excluding hydrogens is 426 g/mol. The number of carbonyl (C=O) groups excluding carboxylic acids is 2. The Balaban J connectivity index is 1.84. The van der Waals surface area contributed by atoms with E-state index >= 15 is 0 Å². The first-order chi connectivity index (χ1) is 16.5. The summed E-state index contributed by atoms with van der Waals surface area (Å²) in [7, 11) is 0. The summed E-state index contributed by atoms with van der Waals surface area (Å²) in [6.07, 6.45) is 4.92. The number of amides is 1. The summed E-state index contributed by atoms with van der Waals surface area (Å²) in [5.74, 6) is 0.790. The molecule has 0 saturated carbocycles. The molecule has 1 aliphatic rings. The highest BCUT2D eigenvalue weighted by Crippen LogP contribution is 2.33. The van der Waals surface area contributed by atoms with Crippen molar-refractivity contribution in [2.75, 3.05) is 19.7 Å². The molecule has 3 rings (SSSR count). The third-order valence-electron chi connectivity index (χ3n) is 6.09. The lowest BCUT2D eigenvalue weighted by Gasteiger charge is -2.22. The molecule has 0 radical (unpaired) electrons. The number of nitrogens with zero attached hydrogens (tertiary/aromatic N) is 2. The fraction of sp³-hybridized carbons (Fsp3) is 0.393. The van der Waals surface area contributed by atoms with E-state index < -0.39 is 0 Å². The lowest BCUT2D eigenvalue weighted by Crippen LogP contribution is -2.34. The maximum absolute atomic E-state index is 13.2. The molecule has 1 atom stereocenters. The molecule has 2 N–H and O–H groups in total. The van der Waals surface area contributed by atoms with Crippen molar-refractivity contribution in [2.45, 2.75) is 52.4 Å². The lowest BCUT2D eigenvalue weighted by atomic mass is 9.95. The predicted molar refractivity (Wildman–Crippen MR) is 138 cm³/mol. The van der Waals surface area contributed by atoms with Gasteiger partial charge in [0.15, 0.2) is 0 Å². The SMILES string of the molecule is CCCN(CCC)C(=O)C1=Cc2ccc(-c3ccc(C(C)CCOC=O)cc3)cc2N=C(N)C1. The summed E-state index contributed by atoms with van der Waals surface area (Å²) in [6.45, 7) is 8.68. The molecule has 0 saturated heterocycles. The molecule has 6 nitrogen and oxygen atoms in total. The van der Waals surface area contributed by atoms with Gasteiger partial charge in [-0.05, 0) is 54.0 Å². The van der Waals surface area contributed by atoms with Gasteiger partial charge in [0, 0.05) is 30.6 Å². The minimum Gasteiger partial charge on any atom is -0.468 e. The number of fused-ring (bicyclic) bond motifs is 1. The van der Waals surface area contributed by atoms with Crippen LogP contribution in [0.2, 0.25) is 0 Å². The molecule has 2 aromatic carbocycles. The van der Waals surface area contributed by atoms with Crippen LogP contribution in [0.3, 0.4) is 0 Å². The highest BCUT2D eigenvalue weighted by atomic mass is 16.5. The van der Waals surface area contributed by atoms with E-state index in [4.69, 9.17) is 10.5 Å². The highest BCUT2D eigenvalue weighted by molar-refractivity contribution is 6.05. The van der Waals surface area contributed by atoms with E-state index in [-0.39, 0.29) is 5.91 Å². The van der Waals surface area contributed by atoms with Crippen LogP contribution in [-0.4, -0.2) is 42.8 Å². The molecule has 0 aromatic heterocycles. The number of benzene rings is 2. The van der Waals surface area contributed by atoms with Crippen molar-refractivity contribution < 1.29 is 14.3 Å². The second-order valence-electron chi connectivity index (χ2n) is 8.79. The van der Waals surface area contributed by atoms with Crippen molar-refractivity contribution in [3.05, 3.63) is 59.2 Å². The Kier molecular flexibility index (Phi) is 9.02. The summed E-state index contributed by atoms with van der Waals surface area (Å²) in [6, 6.07) is 14.5. The van der Waals surface area contributed by atoms with Crippen molar-refractivity contribution in [3.8, 4) is 11.1 Å². The van der Waals surface area contributed by atoms with Crippen LogP contribution in [0.4, 0.5) is 5.69 Å². The van der Waals surface area contributed by atoms with Gasteiger partial charge >= 0.3 is 0 Å². The molecule has 6 heteroatoms. The molecule has 0 aliphatic carbocycles. The van der Waals surface area contributed by atoms with Crippen LogP contribution in [0.25, 0.3) is 17.2 Å². The van der Waals surface area contributed by atoms with Gasteiger partial charge in [-0.2, -0.15) is 0 Å². The molecule has 34 heavy (non-hydrogen) atoms. The van der Waals surface area contributed by atoms with E-state index in [2.05, 4.69) is 56.1 Å². The molecule has 1 amide bonds. The van der Waals surface area contributed by atoms with Crippen LogP contribution in [0, 0.1) is 0 Å². The standard InChI is InChI=1S/C28H35N3O3/c1-4-13-31(14-5-2)28(33)25-16-24-11-10-23(17-26(24)30-27(29)18-25)22-8-6-21(7-9-22)20(3)12-15-34-19-32/h6-11,16-17,19-20H,4-5,12-15,18H2,1-3H3,(H2,29,30). The molecule has 2 aromatic rings. The summed E-state index contributed by atoms with van der Waals surface area (Å²) >= 11 is 0. The maximum atomic E-state index is 13.2. The van der Waals surface area contributed by atoms with Crippen LogP contribution in [0.15, 0.2) is 53.0 Å². The van der Waals surface area contributed by atoms with Gasteiger partial charge in [0.25, 0.3) is 6.47 Å². The largest absolute Gasteiger partial charge is 0.468 e. The Morgan fingerprint density at radius 1 is 1.12 bits per heavy atom. The maximum Gasteiger partial charge on any atom is 0.293 e. The van der Waals surface area contributed by atoms with Gasteiger partial charge in [-0.3, -0.25) is 9.59 Å². The van der Waals surface area contributed by atoms with Crippen LogP contribution in [-0.2, 0) is 14.3 Å². The molecule has 180 valence electrons. The average molecular weight is 462 g/mol. The number of ether oxygens (including phenoxy) is 1. The number of carbonyl (C=O) groups is 2. The van der Waals surface area contributed by atoms with Gasteiger partial charge in [-0.15, -0.1) is 0 Å². The Hall–Kier alpha value is -3.41. The summed E-state index contributed by atoms with van der Waals surface area (Å²) in [5, 5.41) is 0. The zero-order chi connectivity index (χ0) is 24.5. The Morgan fingerprint density at radius 3 is 2.44 bits per heavy atom. The summed E-state index contributed by atoms with van der Waals surface area (Å²) in [5.41, 5.74) is 11.9. The second kappa shape index (κ2) is 12.2. The van der Waals surface area contributed by atoms with E-state index in [0.29, 0.717) is 36.8 Å². The molecule has 0 spiro atoms. The van der Waals surface area contributed by atoms with Crippen LogP contribution in [0.5, 0.6) is 0 Å². The average Bonchev–Trinajstić information content (AvgIpc) is 3.01. The number of rotatable bonds is 11. The van der Waals surface area contributed by atoms with Crippen molar-refractivity contribution in [1.29, 1.82) is 0 Å². The smallest absolute Gasteiger partial charge is 0.293 e. The fourth-order valence-corrected chi connectivity index (χ4v) is 4.23. The van der Waals surface area contributed by atoms with Crippen molar-refractivity contribution in [1.82, 2.24) is 4.90 Å². The minimum atomic E-state index is 0.0435. The van der Waals surface area contributed by atoms with Gasteiger partial charge < -0.3 is 15.4 Å². The van der Waals surface area contributed by atoms with Gasteiger partial charge in [0.05, 0.1) is 12.3 Å². The first kappa shape index (κ1) is 25.2. The number of aliphatic imine (C=N–C) groups is 1. The van der Waals surface area contributed by atoms with Crippen molar-refractivity contribution in [2.24, 2.45) is 10.7 Å². The third-order valence-corrected chi connectivity index (χ3v) is 6.09. The summed E-state index contributed by atoms with van der Waals surface area (Å²) in [4.78, 5) is 30.0. The monoisotopic (exact) mass is 461 g/mol. The number of hydrogen-bond donors (Lipinski definition) is 1. The molecule has 0 bridgehead atoms. The normalized spacial score (nSPS) is 13.7. The van der Waals surface area contributed by atoms with Gasteiger partial charge in [0.1, 0.15) is 5.84 Å². The van der Waals surface area contributed by atoms with Crippen LogP contribution >= 0.6 is 0 Å². The molecule has 1 aliphatic heterocycles. The Morgan fingerprint density at radius 2 is 1.79 bits per heavy atom. The van der Waals surface area contributed by atoms with Crippen LogP contribution < -0.4 is 5.73 Å². The zero-order valence-electron chi connectivity index (χ0n) is 20.4. The molecule has 1 heterocycles. The Bertz CT molecular complexity index is 1050. The molecular formula is C28H35N3O3. The van der Waals surface area contributed by atoms with E-state index in [1.807, 2.05) is 23.1 Å². The summed E-state index contributed by atoms with van der Waals surface area (Å²) < 4.78 is 4.82. The predicted octanol–water partition coefficient (Wildman–Crippen LogP) is 5.44. The first-order valence-electron chi connectivity index (χ1n) is 12.1. The van der Waals surface area contributed by atoms with E-state index in [1.165, 1.54) is 5.56 Å². The van der Waals surface area contributed by atoms with E-state index in [1.54, 1.807) is 0 Å². The third kappa shape index (κ3) is 6.34. The van der Waals surface area contributed by atoms with Crippen molar-refractivity contribution >= 4 is 30.0 Å². The van der Waals surface area contributed by atoms with E-state index in [9.17, 15) is 9.59 Å². The first-order valence-corrected chi connectivity index (χ1v) is 12.1. The lowest BCUT2D eigenvalue weighted by molar-refractivity contribution is -0.129. The second-order valence-corrected chi connectivity index (χ2v) is 8.79. The topological polar surface area (TPSA) is 85.0 Å². The zero-order valence-corrected chi connectivity index (χ0v) is 20.4. The van der Waals surface area contributed by atoms with Gasteiger partial charge in [-0.1, -0.05) is 57.2 Å². The van der Waals surface area contributed by atoms with Crippen LogP contribution in [0.1, 0.15) is 63.5 Å². The fourth-order valence-electron chi connectivity index (χ4n) is 4.23. The minimum absolute atomic E-state index is 0.0435. The van der Waals surface area contributed by atoms with E-state index in [0.717, 1.165) is 54.7 Å². The highest BCUT2D eigenvalue weighted by Gasteiger charge is 2.21. The molecule has 1 unspecified atom stereocenters. The van der Waals surface area contributed by atoms with Gasteiger partial charge in [0.2, 0.25) is 5.91 Å². The number of hydrogen-bond acceptors (Lipinski definition) is 5.